The lowest BCUT2D eigenvalue weighted by atomic mass is 9.96. The van der Waals surface area contributed by atoms with E-state index in [1.54, 1.807) is 17.0 Å². The van der Waals surface area contributed by atoms with Gasteiger partial charge in [-0.2, -0.15) is 0 Å². The van der Waals surface area contributed by atoms with Gasteiger partial charge in [0, 0.05) is 34.7 Å². The molecule has 3 rings (SSSR count). The maximum Gasteiger partial charge on any atom is 0.254 e. The van der Waals surface area contributed by atoms with Gasteiger partial charge in [-0.25, -0.2) is 0 Å². The summed E-state index contributed by atoms with van der Waals surface area (Å²) in [7, 11) is 0. The van der Waals surface area contributed by atoms with E-state index in [1.807, 2.05) is 77.2 Å². The zero-order valence-electron chi connectivity index (χ0n) is 18.5. The normalized spacial score (nSPS) is 12.0. The Labute approximate surface area is 178 Å². The number of nitrogens with zero attached hydrogens (tertiary/aromatic N) is 1. The van der Waals surface area contributed by atoms with Gasteiger partial charge < -0.3 is 15.2 Å². The number of rotatable bonds is 6. The second-order valence-corrected chi connectivity index (χ2v) is 9.20. The second kappa shape index (κ2) is 8.34. The highest BCUT2D eigenvalue weighted by molar-refractivity contribution is 5.99. The molecule has 2 N–H and O–H groups in total. The second-order valence-electron chi connectivity index (χ2n) is 9.20. The summed E-state index contributed by atoms with van der Waals surface area (Å²) in [5.41, 5.74) is 1.38. The Morgan fingerprint density at radius 1 is 0.933 bits per heavy atom. The van der Waals surface area contributed by atoms with Crippen LogP contribution in [-0.2, 0) is 11.2 Å². The zero-order valence-corrected chi connectivity index (χ0v) is 18.5. The van der Waals surface area contributed by atoms with Gasteiger partial charge in [0.2, 0.25) is 5.91 Å². The average Bonchev–Trinajstić information content (AvgIpc) is 3.10. The number of benzene rings is 2. The summed E-state index contributed by atoms with van der Waals surface area (Å²) in [5.74, 6) is -0.317. The molecule has 2 aromatic carbocycles. The van der Waals surface area contributed by atoms with Gasteiger partial charge in [0.1, 0.15) is 5.54 Å². The minimum atomic E-state index is -1.01. The summed E-state index contributed by atoms with van der Waals surface area (Å²) >= 11 is 0. The van der Waals surface area contributed by atoms with Crippen LogP contribution in [0.1, 0.15) is 50.5 Å². The molecule has 0 saturated heterocycles. The first-order valence-electron chi connectivity index (χ1n) is 10.3. The smallest absolute Gasteiger partial charge is 0.254 e. The van der Waals surface area contributed by atoms with E-state index in [9.17, 15) is 9.59 Å². The fourth-order valence-corrected chi connectivity index (χ4v) is 3.56. The first-order chi connectivity index (χ1) is 14.1. The molecule has 0 saturated carbocycles. The molecule has 0 fully saturated rings. The van der Waals surface area contributed by atoms with Crippen molar-refractivity contribution in [1.29, 1.82) is 0 Å². The van der Waals surface area contributed by atoms with Crippen LogP contribution in [0.15, 0.2) is 60.8 Å². The molecule has 5 heteroatoms. The van der Waals surface area contributed by atoms with E-state index in [-0.39, 0.29) is 17.4 Å². The third-order valence-corrected chi connectivity index (χ3v) is 5.26. The summed E-state index contributed by atoms with van der Waals surface area (Å²) in [4.78, 5) is 31.5. The van der Waals surface area contributed by atoms with E-state index in [2.05, 4.69) is 16.4 Å². The van der Waals surface area contributed by atoms with Crippen molar-refractivity contribution in [3.8, 4) is 0 Å². The molecule has 158 valence electrons. The quantitative estimate of drug-likeness (QED) is 0.632. The number of nitrogens with one attached hydrogen (secondary N) is 2. The number of aromatic amines is 1. The van der Waals surface area contributed by atoms with Gasteiger partial charge in [0.15, 0.2) is 0 Å². The third-order valence-electron chi connectivity index (χ3n) is 5.26. The van der Waals surface area contributed by atoms with Gasteiger partial charge in [-0.3, -0.25) is 9.59 Å². The van der Waals surface area contributed by atoms with E-state index >= 15 is 0 Å². The number of amides is 2. The van der Waals surface area contributed by atoms with Crippen molar-refractivity contribution in [2.45, 2.75) is 52.1 Å². The largest absolute Gasteiger partial charge is 0.361 e. The number of para-hydroxylation sites is 1. The predicted octanol–water partition coefficient (Wildman–Crippen LogP) is 4.55. The van der Waals surface area contributed by atoms with Crippen LogP contribution in [0, 0.1) is 0 Å². The summed E-state index contributed by atoms with van der Waals surface area (Å²) in [6, 6.07) is 17.2. The van der Waals surface area contributed by atoms with Crippen molar-refractivity contribution in [3.63, 3.8) is 0 Å². The molecule has 2 amide bonds. The molecule has 1 heterocycles. The minimum Gasteiger partial charge on any atom is -0.361 e. The van der Waals surface area contributed by atoms with Crippen LogP contribution in [-0.4, -0.2) is 39.3 Å². The number of hydrogen-bond donors (Lipinski definition) is 2. The van der Waals surface area contributed by atoms with Crippen LogP contribution < -0.4 is 5.32 Å². The number of aromatic nitrogens is 1. The van der Waals surface area contributed by atoms with E-state index in [4.69, 9.17) is 0 Å². The minimum absolute atomic E-state index is 0.149. The first kappa shape index (κ1) is 21.6. The maximum atomic E-state index is 13.4. The zero-order chi connectivity index (χ0) is 21.9. The van der Waals surface area contributed by atoms with Crippen LogP contribution in [0.4, 0.5) is 0 Å². The van der Waals surface area contributed by atoms with Crippen molar-refractivity contribution < 1.29 is 9.59 Å². The number of carbonyl (C=O) groups is 2. The lowest BCUT2D eigenvalue weighted by Gasteiger charge is -2.39. The number of hydrogen-bond acceptors (Lipinski definition) is 2. The Morgan fingerprint density at radius 2 is 1.57 bits per heavy atom. The predicted molar refractivity (Wildman–Crippen MR) is 121 cm³/mol. The van der Waals surface area contributed by atoms with Crippen molar-refractivity contribution in [2.24, 2.45) is 0 Å². The standard InChI is InChI=1S/C25H31N3O2/c1-24(2,3)27-23(30)25(4,5)28(22(29)18-11-7-6-8-12-18)16-15-19-17-26-21-14-10-9-13-20(19)21/h6-14,17,26H,15-16H2,1-5H3,(H,27,30). The number of H-pyrrole nitrogens is 1. The van der Waals surface area contributed by atoms with Gasteiger partial charge in [-0.1, -0.05) is 36.4 Å². The molecule has 0 spiro atoms. The molecule has 3 aromatic rings. The van der Waals surface area contributed by atoms with Crippen molar-refractivity contribution in [2.75, 3.05) is 6.54 Å². The first-order valence-corrected chi connectivity index (χ1v) is 10.3. The SMILES string of the molecule is CC(C)(C)NC(=O)C(C)(C)N(CCc1c[nH]c2ccccc12)C(=O)c1ccccc1. The van der Waals surface area contributed by atoms with Crippen LogP contribution in [0.25, 0.3) is 10.9 Å². The molecular weight excluding hydrogens is 374 g/mol. The van der Waals surface area contributed by atoms with Gasteiger partial charge >= 0.3 is 0 Å². The molecular formula is C25H31N3O2. The Hall–Kier alpha value is -3.08. The summed E-state index contributed by atoms with van der Waals surface area (Å²) in [5, 5.41) is 4.17. The van der Waals surface area contributed by atoms with Gasteiger partial charge in [0.25, 0.3) is 5.91 Å². The molecule has 0 unspecified atom stereocenters. The van der Waals surface area contributed by atoms with Gasteiger partial charge in [0.05, 0.1) is 0 Å². The molecule has 0 bridgehead atoms. The fourth-order valence-electron chi connectivity index (χ4n) is 3.56. The maximum absolute atomic E-state index is 13.4. The van der Waals surface area contributed by atoms with Crippen LogP contribution in [0.2, 0.25) is 0 Å². The summed E-state index contributed by atoms with van der Waals surface area (Å²) < 4.78 is 0. The van der Waals surface area contributed by atoms with Crippen molar-refractivity contribution >= 4 is 22.7 Å². The Morgan fingerprint density at radius 3 is 2.23 bits per heavy atom. The molecule has 1 aromatic heterocycles. The molecule has 0 aliphatic heterocycles. The van der Waals surface area contributed by atoms with Gasteiger partial charge in [-0.05, 0) is 64.8 Å². The average molecular weight is 406 g/mol. The highest BCUT2D eigenvalue weighted by Gasteiger charge is 2.39. The molecule has 0 atom stereocenters. The van der Waals surface area contributed by atoms with Crippen LogP contribution in [0.5, 0.6) is 0 Å². The van der Waals surface area contributed by atoms with Gasteiger partial charge in [-0.15, -0.1) is 0 Å². The van der Waals surface area contributed by atoms with E-state index < -0.39 is 5.54 Å². The fraction of sp³-hybridized carbons (Fsp3) is 0.360. The summed E-state index contributed by atoms with van der Waals surface area (Å²) in [6.45, 7) is 9.87. The molecule has 30 heavy (non-hydrogen) atoms. The van der Waals surface area contributed by atoms with E-state index in [0.717, 1.165) is 16.5 Å². The Balaban J connectivity index is 1.91. The Bertz CT molecular complexity index is 1030. The molecule has 0 aliphatic rings. The molecule has 0 radical (unpaired) electrons. The lowest BCUT2D eigenvalue weighted by Crippen LogP contribution is -2.60. The Kier molecular flexibility index (Phi) is 6.01. The number of carbonyl (C=O) groups excluding carboxylic acids is 2. The summed E-state index contributed by atoms with van der Waals surface area (Å²) in [6.07, 6.45) is 2.63. The molecule has 0 aliphatic carbocycles. The third kappa shape index (κ3) is 4.73. The molecule has 5 nitrogen and oxygen atoms in total. The van der Waals surface area contributed by atoms with E-state index in [0.29, 0.717) is 18.5 Å². The highest BCUT2D eigenvalue weighted by Crippen LogP contribution is 2.23. The highest BCUT2D eigenvalue weighted by atomic mass is 16.2. The van der Waals surface area contributed by atoms with Crippen molar-refractivity contribution in [1.82, 2.24) is 15.2 Å². The monoisotopic (exact) mass is 405 g/mol. The van der Waals surface area contributed by atoms with Crippen LogP contribution >= 0.6 is 0 Å². The van der Waals surface area contributed by atoms with Crippen molar-refractivity contribution in [3.05, 3.63) is 71.9 Å². The van der Waals surface area contributed by atoms with E-state index in [1.165, 1.54) is 0 Å². The lowest BCUT2D eigenvalue weighted by molar-refractivity contribution is -0.131. The number of fused-ring (bicyclic) bond motifs is 1. The topological polar surface area (TPSA) is 65.2 Å². The van der Waals surface area contributed by atoms with Crippen LogP contribution in [0.3, 0.4) is 0 Å².